The van der Waals surface area contributed by atoms with E-state index < -0.39 is 0 Å². The molecule has 0 amide bonds. The molecule has 2 heteroatoms. The fraction of sp³-hybridized carbons (Fsp3) is 0.118. The van der Waals surface area contributed by atoms with Crippen molar-refractivity contribution in [3.63, 3.8) is 0 Å². The molecule has 0 aliphatic heterocycles. The SMILES string of the molecule is Cc1ccc(N(c2ccccc2)c2ccc(N(c3ccccc3)c3ccc(C(C)C)cc3)cc2)cc1. The van der Waals surface area contributed by atoms with Gasteiger partial charge in [-0.25, -0.2) is 0 Å². The molecule has 0 aliphatic carbocycles. The van der Waals surface area contributed by atoms with E-state index in [1.165, 1.54) is 11.1 Å². The molecule has 0 saturated carbocycles. The summed E-state index contributed by atoms with van der Waals surface area (Å²) in [5.41, 5.74) is 9.42. The number of hydrogen-bond donors (Lipinski definition) is 0. The van der Waals surface area contributed by atoms with Crippen LogP contribution in [-0.2, 0) is 0 Å². The van der Waals surface area contributed by atoms with Crippen LogP contribution in [-0.4, -0.2) is 0 Å². The second-order valence-electron chi connectivity index (χ2n) is 9.44. The molecule has 0 saturated heterocycles. The predicted octanol–water partition coefficient (Wildman–Crippen LogP) is 10.1. The van der Waals surface area contributed by atoms with Crippen molar-refractivity contribution in [1.82, 2.24) is 0 Å². The average Bonchev–Trinajstić information content (AvgIpc) is 2.92. The maximum atomic E-state index is 2.31. The van der Waals surface area contributed by atoms with Crippen molar-refractivity contribution in [1.29, 1.82) is 0 Å². The third-order valence-corrected chi connectivity index (χ3v) is 6.51. The van der Waals surface area contributed by atoms with Crippen LogP contribution in [0.2, 0.25) is 0 Å². The maximum absolute atomic E-state index is 2.31. The van der Waals surface area contributed by atoms with Gasteiger partial charge in [-0.2, -0.15) is 0 Å². The van der Waals surface area contributed by atoms with E-state index in [0.717, 1.165) is 34.1 Å². The number of anilines is 6. The zero-order chi connectivity index (χ0) is 24.9. The van der Waals surface area contributed by atoms with Crippen molar-refractivity contribution in [2.45, 2.75) is 26.7 Å². The smallest absolute Gasteiger partial charge is 0.0463 e. The molecule has 36 heavy (non-hydrogen) atoms. The minimum Gasteiger partial charge on any atom is -0.311 e. The van der Waals surface area contributed by atoms with E-state index >= 15 is 0 Å². The topological polar surface area (TPSA) is 6.48 Å². The first-order chi connectivity index (χ1) is 17.6. The molecule has 0 N–H and O–H groups in total. The number of benzene rings is 5. The Morgan fingerprint density at radius 3 is 1.06 bits per heavy atom. The molecule has 5 aromatic rings. The van der Waals surface area contributed by atoms with Gasteiger partial charge in [-0.15, -0.1) is 0 Å². The monoisotopic (exact) mass is 468 g/mol. The van der Waals surface area contributed by atoms with Gasteiger partial charge in [0, 0.05) is 34.1 Å². The standard InChI is InChI=1S/C34H32N2/c1-26(2)28-16-20-32(21-17-28)36(30-12-8-5-9-13-30)34-24-22-33(23-25-34)35(29-10-6-4-7-11-29)31-18-14-27(3)15-19-31/h4-26H,1-3H3. The molecule has 178 valence electrons. The fourth-order valence-electron chi connectivity index (χ4n) is 4.50. The van der Waals surface area contributed by atoms with Crippen LogP contribution in [0.3, 0.4) is 0 Å². The van der Waals surface area contributed by atoms with Crippen LogP contribution in [0.25, 0.3) is 0 Å². The van der Waals surface area contributed by atoms with Crippen LogP contribution < -0.4 is 9.80 Å². The Morgan fingerprint density at radius 2 is 0.694 bits per heavy atom. The number of para-hydroxylation sites is 2. The fourth-order valence-corrected chi connectivity index (χ4v) is 4.50. The first kappa shape index (κ1) is 23.4. The lowest BCUT2D eigenvalue weighted by molar-refractivity contribution is 0.866. The number of rotatable bonds is 7. The van der Waals surface area contributed by atoms with Gasteiger partial charge < -0.3 is 9.80 Å². The molecule has 0 atom stereocenters. The Labute approximate surface area is 215 Å². The summed E-state index contributed by atoms with van der Waals surface area (Å²) in [5.74, 6) is 0.509. The first-order valence-corrected chi connectivity index (χ1v) is 12.6. The average molecular weight is 469 g/mol. The molecule has 2 nitrogen and oxygen atoms in total. The largest absolute Gasteiger partial charge is 0.311 e. The summed E-state index contributed by atoms with van der Waals surface area (Å²) in [7, 11) is 0. The summed E-state index contributed by atoms with van der Waals surface area (Å²) in [5, 5.41) is 0. The van der Waals surface area contributed by atoms with Crippen molar-refractivity contribution in [3.05, 3.63) is 145 Å². The van der Waals surface area contributed by atoms with E-state index in [-0.39, 0.29) is 0 Å². The molecule has 5 aromatic carbocycles. The molecular formula is C34H32N2. The lowest BCUT2D eigenvalue weighted by atomic mass is 10.0. The zero-order valence-corrected chi connectivity index (χ0v) is 21.2. The minimum absolute atomic E-state index is 0.509. The van der Waals surface area contributed by atoms with Gasteiger partial charge in [-0.3, -0.25) is 0 Å². The van der Waals surface area contributed by atoms with Gasteiger partial charge >= 0.3 is 0 Å². The van der Waals surface area contributed by atoms with E-state index in [9.17, 15) is 0 Å². The summed E-state index contributed by atoms with van der Waals surface area (Å²) in [6.45, 7) is 6.59. The summed E-state index contributed by atoms with van der Waals surface area (Å²) < 4.78 is 0. The van der Waals surface area contributed by atoms with E-state index in [2.05, 4.69) is 164 Å². The number of aryl methyl sites for hydroxylation is 1. The number of hydrogen-bond acceptors (Lipinski definition) is 2. The molecule has 0 heterocycles. The van der Waals surface area contributed by atoms with Gasteiger partial charge in [0.15, 0.2) is 0 Å². The quantitative estimate of drug-likeness (QED) is 0.234. The van der Waals surface area contributed by atoms with Gasteiger partial charge in [0.25, 0.3) is 0 Å². The third kappa shape index (κ3) is 5.04. The van der Waals surface area contributed by atoms with Crippen molar-refractivity contribution >= 4 is 34.1 Å². The van der Waals surface area contributed by atoms with Crippen molar-refractivity contribution in [2.75, 3.05) is 9.80 Å². The van der Waals surface area contributed by atoms with Gasteiger partial charge in [-0.1, -0.05) is 80.1 Å². The Morgan fingerprint density at radius 1 is 0.389 bits per heavy atom. The number of nitrogens with zero attached hydrogens (tertiary/aromatic N) is 2. The minimum atomic E-state index is 0.509. The third-order valence-electron chi connectivity index (χ3n) is 6.51. The van der Waals surface area contributed by atoms with E-state index in [0.29, 0.717) is 5.92 Å². The lowest BCUT2D eigenvalue weighted by Gasteiger charge is -2.28. The molecule has 0 spiro atoms. The molecule has 0 bridgehead atoms. The lowest BCUT2D eigenvalue weighted by Crippen LogP contribution is -2.12. The highest BCUT2D eigenvalue weighted by molar-refractivity contribution is 5.81. The Balaban J connectivity index is 1.55. The molecule has 0 unspecified atom stereocenters. The zero-order valence-electron chi connectivity index (χ0n) is 21.2. The molecule has 0 aromatic heterocycles. The summed E-state index contributed by atoms with van der Waals surface area (Å²) in [6.07, 6.45) is 0. The second-order valence-corrected chi connectivity index (χ2v) is 9.44. The molecular weight excluding hydrogens is 436 g/mol. The molecule has 0 radical (unpaired) electrons. The highest BCUT2D eigenvalue weighted by Crippen LogP contribution is 2.39. The Kier molecular flexibility index (Phi) is 6.86. The van der Waals surface area contributed by atoms with Gasteiger partial charge in [0.2, 0.25) is 0 Å². The van der Waals surface area contributed by atoms with Gasteiger partial charge in [-0.05, 0) is 91.2 Å². The maximum Gasteiger partial charge on any atom is 0.0463 e. The van der Waals surface area contributed by atoms with Crippen LogP contribution in [0.1, 0.15) is 30.9 Å². The summed E-state index contributed by atoms with van der Waals surface area (Å²) in [6, 6.07) is 47.5. The van der Waals surface area contributed by atoms with Crippen LogP contribution in [0.15, 0.2) is 133 Å². The second kappa shape index (κ2) is 10.5. The normalized spacial score (nSPS) is 10.9. The van der Waals surface area contributed by atoms with E-state index in [1.807, 2.05) is 0 Å². The van der Waals surface area contributed by atoms with Crippen LogP contribution in [0.5, 0.6) is 0 Å². The first-order valence-electron chi connectivity index (χ1n) is 12.6. The molecule has 5 rings (SSSR count). The van der Waals surface area contributed by atoms with Crippen molar-refractivity contribution in [3.8, 4) is 0 Å². The van der Waals surface area contributed by atoms with Gasteiger partial charge in [0.1, 0.15) is 0 Å². The molecule has 0 fully saturated rings. The van der Waals surface area contributed by atoms with Crippen molar-refractivity contribution < 1.29 is 0 Å². The Hall–Kier alpha value is -4.30. The van der Waals surface area contributed by atoms with Crippen molar-refractivity contribution in [2.24, 2.45) is 0 Å². The highest BCUT2D eigenvalue weighted by atomic mass is 15.2. The van der Waals surface area contributed by atoms with Crippen LogP contribution >= 0.6 is 0 Å². The van der Waals surface area contributed by atoms with E-state index in [1.54, 1.807) is 0 Å². The van der Waals surface area contributed by atoms with E-state index in [4.69, 9.17) is 0 Å². The highest BCUT2D eigenvalue weighted by Gasteiger charge is 2.16. The summed E-state index contributed by atoms with van der Waals surface area (Å²) in [4.78, 5) is 4.61. The predicted molar refractivity (Wildman–Crippen MR) is 155 cm³/mol. The molecule has 0 aliphatic rings. The van der Waals surface area contributed by atoms with Gasteiger partial charge in [0.05, 0.1) is 0 Å². The Bertz CT molecular complexity index is 1370. The summed E-state index contributed by atoms with van der Waals surface area (Å²) >= 11 is 0. The van der Waals surface area contributed by atoms with Crippen LogP contribution in [0.4, 0.5) is 34.1 Å². The van der Waals surface area contributed by atoms with Crippen LogP contribution in [0, 0.1) is 6.92 Å².